The maximum absolute atomic E-state index is 11.8. The lowest BCUT2D eigenvalue weighted by Crippen LogP contribution is -2.47. The van der Waals surface area contributed by atoms with E-state index in [9.17, 15) is 9.59 Å². The van der Waals surface area contributed by atoms with Crippen molar-refractivity contribution < 1.29 is 9.59 Å². The highest BCUT2D eigenvalue weighted by atomic mass is 16.2. The summed E-state index contributed by atoms with van der Waals surface area (Å²) in [7, 11) is 0. The monoisotopic (exact) mass is 269 g/mol. The van der Waals surface area contributed by atoms with Crippen molar-refractivity contribution >= 4 is 11.8 Å². The molecule has 5 N–H and O–H groups in total. The van der Waals surface area contributed by atoms with Crippen LogP contribution in [0, 0.1) is 11.8 Å². The van der Waals surface area contributed by atoms with Crippen molar-refractivity contribution in [1.29, 1.82) is 0 Å². The van der Waals surface area contributed by atoms with Gasteiger partial charge in [0.05, 0.1) is 0 Å². The molecule has 0 radical (unpaired) electrons. The highest BCUT2D eigenvalue weighted by molar-refractivity contribution is 5.86. The van der Waals surface area contributed by atoms with Gasteiger partial charge in [-0.1, -0.05) is 26.7 Å². The zero-order valence-corrected chi connectivity index (χ0v) is 12.0. The summed E-state index contributed by atoms with van der Waals surface area (Å²) in [5, 5.41) is 2.72. The second kappa shape index (κ2) is 7.48. The van der Waals surface area contributed by atoms with Gasteiger partial charge in [0.25, 0.3) is 0 Å². The topological polar surface area (TPSA) is 98.2 Å². The van der Waals surface area contributed by atoms with Gasteiger partial charge in [0.1, 0.15) is 6.04 Å². The van der Waals surface area contributed by atoms with E-state index in [0.717, 1.165) is 32.1 Å². The van der Waals surface area contributed by atoms with E-state index in [1.165, 1.54) is 0 Å². The standard InChI is InChI=1S/C14H27N3O2/c1-9(2)13(14(16)19)17-12(18)7-6-10-4-3-5-11(15)8-10/h9-11,13H,3-8,15H2,1-2H3,(H2,16,19)(H,17,18). The van der Waals surface area contributed by atoms with Crippen LogP contribution in [0.25, 0.3) is 0 Å². The van der Waals surface area contributed by atoms with Crippen molar-refractivity contribution in [2.75, 3.05) is 0 Å². The summed E-state index contributed by atoms with van der Waals surface area (Å²) in [5.74, 6) is 0.00446. The SMILES string of the molecule is CC(C)C(NC(=O)CCC1CCCC(N)C1)C(N)=O. The first-order chi connectivity index (χ1) is 8.90. The lowest BCUT2D eigenvalue weighted by atomic mass is 9.83. The van der Waals surface area contributed by atoms with Crippen LogP contribution in [0.2, 0.25) is 0 Å². The van der Waals surface area contributed by atoms with Crippen LogP contribution in [0.1, 0.15) is 52.4 Å². The van der Waals surface area contributed by atoms with E-state index in [1.807, 2.05) is 13.8 Å². The fourth-order valence-electron chi connectivity index (χ4n) is 2.74. The molecule has 1 aliphatic carbocycles. The summed E-state index contributed by atoms with van der Waals surface area (Å²) in [5.41, 5.74) is 11.2. The van der Waals surface area contributed by atoms with Crippen molar-refractivity contribution in [3.8, 4) is 0 Å². The van der Waals surface area contributed by atoms with Gasteiger partial charge in [-0.15, -0.1) is 0 Å². The predicted molar refractivity (Wildman–Crippen MR) is 75.1 cm³/mol. The number of amides is 2. The molecule has 0 aromatic carbocycles. The molecule has 0 aromatic heterocycles. The number of hydrogen-bond donors (Lipinski definition) is 3. The summed E-state index contributed by atoms with van der Waals surface area (Å²) >= 11 is 0. The summed E-state index contributed by atoms with van der Waals surface area (Å²) in [6.45, 7) is 3.74. The molecule has 19 heavy (non-hydrogen) atoms. The molecule has 5 nitrogen and oxygen atoms in total. The fraction of sp³-hybridized carbons (Fsp3) is 0.857. The first-order valence-corrected chi connectivity index (χ1v) is 7.24. The normalized spacial score (nSPS) is 25.1. The maximum Gasteiger partial charge on any atom is 0.240 e. The second-order valence-electron chi connectivity index (χ2n) is 6.02. The molecule has 0 bridgehead atoms. The van der Waals surface area contributed by atoms with Gasteiger partial charge in [0.15, 0.2) is 0 Å². The first-order valence-electron chi connectivity index (χ1n) is 7.24. The molecule has 1 saturated carbocycles. The lowest BCUT2D eigenvalue weighted by molar-refractivity contribution is -0.128. The van der Waals surface area contributed by atoms with E-state index < -0.39 is 11.9 Å². The Morgan fingerprint density at radius 3 is 2.53 bits per heavy atom. The zero-order valence-electron chi connectivity index (χ0n) is 12.0. The first kappa shape index (κ1) is 16.0. The highest BCUT2D eigenvalue weighted by Gasteiger charge is 2.23. The van der Waals surface area contributed by atoms with E-state index in [2.05, 4.69) is 5.32 Å². The minimum absolute atomic E-state index is 0.0181. The Morgan fingerprint density at radius 2 is 2.00 bits per heavy atom. The zero-order chi connectivity index (χ0) is 14.4. The summed E-state index contributed by atoms with van der Waals surface area (Å²) in [6, 6.07) is -0.281. The van der Waals surface area contributed by atoms with Crippen LogP contribution in [0.3, 0.4) is 0 Å². The minimum atomic E-state index is -0.568. The number of carbonyl (C=O) groups is 2. The van der Waals surface area contributed by atoms with Crippen LogP contribution in [-0.4, -0.2) is 23.9 Å². The quantitative estimate of drug-likeness (QED) is 0.668. The van der Waals surface area contributed by atoms with Gasteiger partial charge in [0.2, 0.25) is 11.8 Å². The average Bonchev–Trinajstić information content (AvgIpc) is 2.32. The largest absolute Gasteiger partial charge is 0.368 e. The molecule has 0 spiro atoms. The van der Waals surface area contributed by atoms with Crippen molar-refractivity contribution in [1.82, 2.24) is 5.32 Å². The molecule has 1 aliphatic rings. The highest BCUT2D eigenvalue weighted by Crippen LogP contribution is 2.26. The number of carbonyl (C=O) groups excluding carboxylic acids is 2. The number of primary amides is 1. The molecule has 110 valence electrons. The molecule has 2 amide bonds. The molecule has 0 aromatic rings. The van der Waals surface area contributed by atoms with Crippen molar-refractivity contribution in [3.05, 3.63) is 0 Å². The molecule has 0 saturated heterocycles. The van der Waals surface area contributed by atoms with Gasteiger partial charge in [0, 0.05) is 12.5 Å². The van der Waals surface area contributed by atoms with Crippen molar-refractivity contribution in [3.63, 3.8) is 0 Å². The van der Waals surface area contributed by atoms with E-state index >= 15 is 0 Å². The predicted octanol–water partition coefficient (Wildman–Crippen LogP) is 0.910. The van der Waals surface area contributed by atoms with Gasteiger partial charge in [-0.25, -0.2) is 0 Å². The van der Waals surface area contributed by atoms with Crippen LogP contribution in [-0.2, 0) is 9.59 Å². The Hall–Kier alpha value is -1.10. The summed E-state index contributed by atoms with van der Waals surface area (Å²) in [6.07, 6.45) is 5.72. The Morgan fingerprint density at radius 1 is 1.32 bits per heavy atom. The minimum Gasteiger partial charge on any atom is -0.368 e. The Kier molecular flexibility index (Phi) is 6.28. The Balaban J connectivity index is 2.32. The number of nitrogens with two attached hydrogens (primary N) is 2. The van der Waals surface area contributed by atoms with Crippen LogP contribution in [0.4, 0.5) is 0 Å². The molecular formula is C14H27N3O2. The third kappa shape index (κ3) is 5.59. The van der Waals surface area contributed by atoms with Gasteiger partial charge in [-0.05, 0) is 31.1 Å². The fourth-order valence-corrected chi connectivity index (χ4v) is 2.74. The second-order valence-corrected chi connectivity index (χ2v) is 6.02. The molecule has 0 heterocycles. The average molecular weight is 269 g/mol. The van der Waals surface area contributed by atoms with Gasteiger partial charge in [-0.3, -0.25) is 9.59 Å². The van der Waals surface area contributed by atoms with Crippen LogP contribution < -0.4 is 16.8 Å². The summed E-state index contributed by atoms with van der Waals surface area (Å²) in [4.78, 5) is 23.1. The molecule has 5 heteroatoms. The van der Waals surface area contributed by atoms with Crippen LogP contribution in [0.15, 0.2) is 0 Å². The van der Waals surface area contributed by atoms with E-state index in [1.54, 1.807) is 0 Å². The molecule has 0 aliphatic heterocycles. The van der Waals surface area contributed by atoms with Gasteiger partial charge >= 0.3 is 0 Å². The molecule has 3 atom stereocenters. The third-order valence-electron chi connectivity index (χ3n) is 3.89. The molecule has 1 rings (SSSR count). The molecular weight excluding hydrogens is 242 g/mol. The van der Waals surface area contributed by atoms with Crippen molar-refractivity contribution in [2.24, 2.45) is 23.3 Å². The Bertz CT molecular complexity index is 318. The molecule has 3 unspecified atom stereocenters. The van der Waals surface area contributed by atoms with Crippen molar-refractivity contribution in [2.45, 2.75) is 64.5 Å². The van der Waals surface area contributed by atoms with Crippen LogP contribution >= 0.6 is 0 Å². The van der Waals surface area contributed by atoms with Crippen LogP contribution in [0.5, 0.6) is 0 Å². The number of nitrogens with one attached hydrogen (secondary N) is 1. The lowest BCUT2D eigenvalue weighted by Gasteiger charge is -2.26. The smallest absolute Gasteiger partial charge is 0.240 e. The van der Waals surface area contributed by atoms with Gasteiger partial charge < -0.3 is 16.8 Å². The van der Waals surface area contributed by atoms with Gasteiger partial charge in [-0.2, -0.15) is 0 Å². The van der Waals surface area contributed by atoms with E-state index in [0.29, 0.717) is 12.3 Å². The maximum atomic E-state index is 11.8. The number of hydrogen-bond acceptors (Lipinski definition) is 3. The third-order valence-corrected chi connectivity index (χ3v) is 3.89. The summed E-state index contributed by atoms with van der Waals surface area (Å²) < 4.78 is 0. The van der Waals surface area contributed by atoms with E-state index in [-0.39, 0.29) is 17.9 Å². The Labute approximate surface area is 115 Å². The number of rotatable bonds is 6. The molecule has 1 fully saturated rings. The van der Waals surface area contributed by atoms with E-state index in [4.69, 9.17) is 11.5 Å².